The van der Waals surface area contributed by atoms with Crippen LogP contribution in [0.25, 0.3) is 6.08 Å². The summed E-state index contributed by atoms with van der Waals surface area (Å²) in [5.74, 6) is 0.686. The molecule has 0 aliphatic rings. The number of anilines is 1. The number of benzene rings is 2. The number of allylic oxidation sites excluding steroid dienone is 1. The van der Waals surface area contributed by atoms with E-state index in [9.17, 15) is 0 Å². The van der Waals surface area contributed by atoms with Gasteiger partial charge in [0.25, 0.3) is 0 Å². The quantitative estimate of drug-likeness (QED) is 0.527. The van der Waals surface area contributed by atoms with Crippen molar-refractivity contribution in [3.63, 3.8) is 0 Å². The van der Waals surface area contributed by atoms with Gasteiger partial charge in [-0.3, -0.25) is 4.98 Å². The maximum Gasteiger partial charge on any atom is 0.227 e. The molecule has 31 heavy (non-hydrogen) atoms. The van der Waals surface area contributed by atoms with E-state index in [0.29, 0.717) is 30.0 Å². The topological polar surface area (TPSA) is 72.9 Å². The van der Waals surface area contributed by atoms with E-state index in [1.54, 1.807) is 29.2 Å². The van der Waals surface area contributed by atoms with Crippen molar-refractivity contribution in [2.75, 3.05) is 4.81 Å². The second-order valence-corrected chi connectivity index (χ2v) is 7.00. The van der Waals surface area contributed by atoms with E-state index in [1.807, 2.05) is 56.3 Å². The van der Waals surface area contributed by atoms with Crippen LogP contribution in [0.3, 0.4) is 0 Å². The second-order valence-electron chi connectivity index (χ2n) is 7.00. The summed E-state index contributed by atoms with van der Waals surface area (Å²) in [6, 6.07) is 18.7. The highest BCUT2D eigenvalue weighted by Crippen LogP contribution is 2.29. The molecular weight excluding hydrogens is 383 g/mol. The standard InChI is InChI=1S/C25H21BN4O/c1-3-5-24-22(16-30(26)23-10-8-19(13-27)9-11-23)15-29-18(2)25(24)31-17-21-7-4-6-20(12-21)14-28/h3-12,15H,16-17H2,1-2H3/b5-3+. The van der Waals surface area contributed by atoms with Crippen LogP contribution in [0.15, 0.2) is 60.8 Å². The fourth-order valence-electron chi connectivity index (χ4n) is 3.19. The fourth-order valence-corrected chi connectivity index (χ4v) is 3.19. The molecule has 3 aromatic rings. The third kappa shape index (κ3) is 5.32. The Kier molecular flexibility index (Phi) is 7.09. The molecule has 150 valence electrons. The maximum absolute atomic E-state index is 9.11. The molecule has 6 heteroatoms. The van der Waals surface area contributed by atoms with Crippen LogP contribution in [0.4, 0.5) is 5.69 Å². The Balaban J connectivity index is 1.87. The number of hydrogen-bond donors (Lipinski definition) is 0. The van der Waals surface area contributed by atoms with E-state index in [0.717, 1.165) is 28.1 Å². The average Bonchev–Trinajstić information content (AvgIpc) is 2.80. The number of nitrogens with zero attached hydrogens (tertiary/aromatic N) is 4. The monoisotopic (exact) mass is 404 g/mol. The van der Waals surface area contributed by atoms with Gasteiger partial charge in [-0.1, -0.05) is 24.3 Å². The molecular formula is C25H21BN4O. The van der Waals surface area contributed by atoms with Gasteiger partial charge in [-0.05, 0) is 61.4 Å². The Morgan fingerprint density at radius 1 is 1.10 bits per heavy atom. The van der Waals surface area contributed by atoms with Gasteiger partial charge in [0.05, 0.1) is 29.0 Å². The van der Waals surface area contributed by atoms with Gasteiger partial charge in [0, 0.05) is 24.0 Å². The van der Waals surface area contributed by atoms with E-state index in [4.69, 9.17) is 23.2 Å². The summed E-state index contributed by atoms with van der Waals surface area (Å²) in [4.78, 5) is 6.12. The number of hydrogen-bond acceptors (Lipinski definition) is 5. The summed E-state index contributed by atoms with van der Waals surface area (Å²) in [6.07, 6.45) is 5.74. The number of ether oxygens (including phenoxy) is 1. The largest absolute Gasteiger partial charge is 0.486 e. The highest BCUT2D eigenvalue weighted by atomic mass is 16.5. The molecule has 2 aromatic carbocycles. The van der Waals surface area contributed by atoms with Crippen molar-refractivity contribution in [1.29, 1.82) is 10.5 Å². The van der Waals surface area contributed by atoms with Crippen LogP contribution in [0, 0.1) is 29.6 Å². The SMILES string of the molecule is [B]N(Cc1cnc(C)c(OCc2cccc(C#N)c2)c1/C=C/C)c1ccc(C#N)cc1. The molecule has 0 aliphatic carbocycles. The first-order valence-corrected chi connectivity index (χ1v) is 9.81. The molecule has 0 aliphatic heterocycles. The minimum absolute atomic E-state index is 0.327. The van der Waals surface area contributed by atoms with Crippen LogP contribution in [-0.2, 0) is 13.2 Å². The molecule has 0 amide bonds. The van der Waals surface area contributed by atoms with Gasteiger partial charge < -0.3 is 9.55 Å². The van der Waals surface area contributed by atoms with Crippen LogP contribution >= 0.6 is 0 Å². The number of nitriles is 2. The minimum Gasteiger partial charge on any atom is -0.486 e. The molecule has 2 radical (unpaired) electrons. The molecule has 0 N–H and O–H groups in total. The zero-order chi connectivity index (χ0) is 22.2. The lowest BCUT2D eigenvalue weighted by Crippen LogP contribution is -2.19. The highest BCUT2D eigenvalue weighted by molar-refractivity contribution is 6.17. The highest BCUT2D eigenvalue weighted by Gasteiger charge is 2.14. The van der Waals surface area contributed by atoms with E-state index >= 15 is 0 Å². The van der Waals surface area contributed by atoms with Crippen LogP contribution in [-0.4, -0.2) is 13.0 Å². The summed E-state index contributed by atoms with van der Waals surface area (Å²) in [5, 5.41) is 18.1. The number of rotatable bonds is 7. The minimum atomic E-state index is 0.327. The predicted octanol–water partition coefficient (Wildman–Crippen LogP) is 4.84. The molecule has 1 aromatic heterocycles. The normalized spacial score (nSPS) is 10.5. The van der Waals surface area contributed by atoms with Crippen LogP contribution in [0.1, 0.15) is 40.4 Å². The van der Waals surface area contributed by atoms with Crippen LogP contribution < -0.4 is 9.55 Å². The zero-order valence-corrected chi connectivity index (χ0v) is 17.5. The first-order valence-electron chi connectivity index (χ1n) is 9.81. The van der Waals surface area contributed by atoms with E-state index in [1.165, 1.54) is 0 Å². The molecule has 1 heterocycles. The van der Waals surface area contributed by atoms with E-state index in [-0.39, 0.29) is 0 Å². The molecule has 0 unspecified atom stereocenters. The Bertz CT molecular complexity index is 1170. The smallest absolute Gasteiger partial charge is 0.227 e. The third-order valence-electron chi connectivity index (χ3n) is 4.77. The molecule has 0 saturated heterocycles. The maximum atomic E-state index is 9.11. The van der Waals surface area contributed by atoms with Gasteiger partial charge >= 0.3 is 0 Å². The second kappa shape index (κ2) is 10.1. The number of aryl methyl sites for hydroxylation is 1. The molecule has 0 atom stereocenters. The van der Waals surface area contributed by atoms with Crippen molar-refractivity contribution < 1.29 is 4.74 Å². The van der Waals surface area contributed by atoms with Crippen LogP contribution in [0.5, 0.6) is 5.75 Å². The van der Waals surface area contributed by atoms with E-state index in [2.05, 4.69) is 17.1 Å². The fraction of sp³-hybridized carbons (Fsp3) is 0.160. The first-order chi connectivity index (χ1) is 15.0. The Hall–Kier alpha value is -4.03. The van der Waals surface area contributed by atoms with Crippen molar-refractivity contribution in [3.8, 4) is 17.9 Å². The summed E-state index contributed by atoms with van der Waals surface area (Å²) >= 11 is 0. The van der Waals surface area contributed by atoms with Crippen LogP contribution in [0.2, 0.25) is 0 Å². The average molecular weight is 404 g/mol. The van der Waals surface area contributed by atoms with E-state index < -0.39 is 0 Å². The zero-order valence-electron chi connectivity index (χ0n) is 17.5. The van der Waals surface area contributed by atoms with Crippen molar-refractivity contribution in [2.45, 2.75) is 27.0 Å². The molecule has 0 fully saturated rings. The lowest BCUT2D eigenvalue weighted by atomic mass is 10.0. The molecule has 3 rings (SSSR count). The molecule has 0 bridgehead atoms. The molecule has 0 saturated carbocycles. The van der Waals surface area contributed by atoms with Crippen molar-refractivity contribution in [2.24, 2.45) is 0 Å². The summed E-state index contributed by atoms with van der Waals surface area (Å²) in [7, 11) is 6.30. The predicted molar refractivity (Wildman–Crippen MR) is 122 cm³/mol. The lowest BCUT2D eigenvalue weighted by molar-refractivity contribution is 0.301. The Labute approximate surface area is 184 Å². The van der Waals surface area contributed by atoms with Crippen molar-refractivity contribution >= 4 is 19.7 Å². The lowest BCUT2D eigenvalue weighted by Gasteiger charge is -2.23. The third-order valence-corrected chi connectivity index (χ3v) is 4.77. The summed E-state index contributed by atoms with van der Waals surface area (Å²) in [5.41, 5.74) is 5.48. The van der Waals surface area contributed by atoms with Gasteiger partial charge in [-0.25, -0.2) is 0 Å². The molecule has 5 nitrogen and oxygen atoms in total. The van der Waals surface area contributed by atoms with Gasteiger partial charge in [0.1, 0.15) is 12.4 Å². The van der Waals surface area contributed by atoms with Gasteiger partial charge in [-0.2, -0.15) is 10.5 Å². The van der Waals surface area contributed by atoms with Gasteiger partial charge in [0.2, 0.25) is 7.98 Å². The summed E-state index contributed by atoms with van der Waals surface area (Å²) < 4.78 is 6.15. The summed E-state index contributed by atoms with van der Waals surface area (Å²) in [6.45, 7) is 4.59. The van der Waals surface area contributed by atoms with Gasteiger partial charge in [-0.15, -0.1) is 0 Å². The molecule has 0 spiro atoms. The number of aromatic nitrogens is 1. The number of pyridine rings is 1. The Morgan fingerprint density at radius 2 is 1.84 bits per heavy atom. The first kappa shape index (κ1) is 21.7. The van der Waals surface area contributed by atoms with Gasteiger partial charge in [0.15, 0.2) is 0 Å². The van der Waals surface area contributed by atoms with Crippen molar-refractivity contribution in [1.82, 2.24) is 4.98 Å². The Morgan fingerprint density at radius 3 is 2.52 bits per heavy atom. The van der Waals surface area contributed by atoms with Crippen molar-refractivity contribution in [3.05, 3.63) is 94.3 Å².